The zero-order valence-electron chi connectivity index (χ0n) is 15.8. The summed E-state index contributed by atoms with van der Waals surface area (Å²) >= 11 is 0. The molecule has 2 aromatic rings. The minimum atomic E-state index is -0.729. The van der Waals surface area contributed by atoms with Gasteiger partial charge in [0.25, 0.3) is 0 Å². The van der Waals surface area contributed by atoms with Gasteiger partial charge >= 0.3 is 5.97 Å². The molecule has 146 valence electrons. The van der Waals surface area contributed by atoms with E-state index in [-0.39, 0.29) is 12.0 Å². The molecule has 1 aromatic heterocycles. The number of furan rings is 1. The van der Waals surface area contributed by atoms with E-state index in [4.69, 9.17) is 18.6 Å². The van der Waals surface area contributed by atoms with Crippen molar-refractivity contribution in [1.29, 1.82) is 0 Å². The van der Waals surface area contributed by atoms with Crippen LogP contribution in [-0.4, -0.2) is 50.4 Å². The van der Waals surface area contributed by atoms with E-state index in [1.165, 1.54) is 0 Å². The smallest absolute Gasteiger partial charge is 0.306 e. The maximum atomic E-state index is 11.3. The van der Waals surface area contributed by atoms with Crippen LogP contribution in [0, 0.1) is 5.92 Å². The fraction of sp³-hybridized carbons (Fsp3) is 0.450. The number of piperidine rings is 1. The number of likely N-dealkylation sites (tertiary alicyclic amines) is 1. The maximum Gasteiger partial charge on any atom is 0.306 e. The number of ether oxygens (including phenoxy) is 3. The minimum absolute atomic E-state index is 0.204. The molecular weight excluding hydrogens is 350 g/mol. The first-order chi connectivity index (χ1) is 13.1. The van der Waals surface area contributed by atoms with Crippen LogP contribution in [0.5, 0.6) is 17.2 Å². The highest BCUT2D eigenvalue weighted by molar-refractivity contribution is 5.70. The van der Waals surface area contributed by atoms with E-state index in [1.54, 1.807) is 33.7 Å². The van der Waals surface area contributed by atoms with Crippen molar-refractivity contribution in [3.8, 4) is 17.2 Å². The van der Waals surface area contributed by atoms with E-state index in [0.29, 0.717) is 43.2 Å². The Labute approximate surface area is 158 Å². The quantitative estimate of drug-likeness (QED) is 0.796. The Hall–Kier alpha value is -2.67. The zero-order valence-corrected chi connectivity index (χ0v) is 15.8. The highest BCUT2D eigenvalue weighted by Gasteiger charge is 2.33. The van der Waals surface area contributed by atoms with Crippen molar-refractivity contribution in [3.63, 3.8) is 0 Å². The molecule has 0 radical (unpaired) electrons. The Morgan fingerprint density at radius 2 is 1.74 bits per heavy atom. The van der Waals surface area contributed by atoms with E-state index >= 15 is 0 Å². The van der Waals surface area contributed by atoms with E-state index in [1.807, 2.05) is 18.2 Å². The maximum absolute atomic E-state index is 11.3. The minimum Gasteiger partial charge on any atom is -0.496 e. The van der Waals surface area contributed by atoms with Crippen LogP contribution in [0.1, 0.15) is 30.2 Å². The molecule has 0 bridgehead atoms. The van der Waals surface area contributed by atoms with Gasteiger partial charge in [0.05, 0.1) is 39.6 Å². The summed E-state index contributed by atoms with van der Waals surface area (Å²) in [5.41, 5.74) is 0.888. The summed E-state index contributed by atoms with van der Waals surface area (Å²) in [6.07, 6.45) is 2.84. The number of methoxy groups -OCH3 is 3. The van der Waals surface area contributed by atoms with Gasteiger partial charge in [-0.2, -0.15) is 0 Å². The molecule has 7 heteroatoms. The summed E-state index contributed by atoms with van der Waals surface area (Å²) in [6, 6.07) is 7.26. The standard InChI is InChI=1S/C20H25NO6/c1-24-16-12-18(26-3)17(25-2)11-14(16)19(15-5-4-10-27-15)21-8-6-13(7-9-21)20(22)23/h4-5,10-13,19H,6-9H2,1-3H3,(H,22,23). The van der Waals surface area contributed by atoms with Gasteiger partial charge in [0.15, 0.2) is 11.5 Å². The lowest BCUT2D eigenvalue weighted by Gasteiger charge is -2.36. The van der Waals surface area contributed by atoms with Crippen LogP contribution in [0.3, 0.4) is 0 Å². The monoisotopic (exact) mass is 375 g/mol. The summed E-state index contributed by atoms with van der Waals surface area (Å²) in [6.45, 7) is 1.31. The second-order valence-corrected chi connectivity index (χ2v) is 6.52. The van der Waals surface area contributed by atoms with Crippen LogP contribution in [-0.2, 0) is 4.79 Å². The van der Waals surface area contributed by atoms with Crippen LogP contribution >= 0.6 is 0 Å². The van der Waals surface area contributed by atoms with Crippen LogP contribution < -0.4 is 14.2 Å². The number of carboxylic acids is 1. The Morgan fingerprint density at radius 1 is 1.11 bits per heavy atom. The predicted octanol–water partition coefficient (Wildman–Crippen LogP) is 3.19. The van der Waals surface area contributed by atoms with Gasteiger partial charge in [0, 0.05) is 24.7 Å². The molecule has 0 amide bonds. The van der Waals surface area contributed by atoms with Gasteiger partial charge in [-0.3, -0.25) is 9.69 Å². The second kappa shape index (κ2) is 8.35. The van der Waals surface area contributed by atoms with Crippen molar-refractivity contribution in [2.24, 2.45) is 5.92 Å². The van der Waals surface area contributed by atoms with Crippen molar-refractivity contribution in [3.05, 3.63) is 41.9 Å². The summed E-state index contributed by atoms with van der Waals surface area (Å²) in [7, 11) is 4.78. The zero-order chi connectivity index (χ0) is 19.4. The average Bonchev–Trinajstić information content (AvgIpc) is 3.22. The normalized spacial score (nSPS) is 16.7. The molecule has 1 aliphatic rings. The lowest BCUT2D eigenvalue weighted by Crippen LogP contribution is -2.39. The van der Waals surface area contributed by atoms with Crippen molar-refractivity contribution < 1.29 is 28.5 Å². The number of carboxylic acid groups (broad SMARTS) is 1. The molecule has 1 saturated heterocycles. The summed E-state index contributed by atoms with van der Waals surface area (Å²) in [4.78, 5) is 13.5. The molecule has 1 aromatic carbocycles. The summed E-state index contributed by atoms with van der Waals surface area (Å²) in [5, 5.41) is 9.28. The van der Waals surface area contributed by atoms with Gasteiger partial charge in [-0.25, -0.2) is 0 Å². The molecule has 1 unspecified atom stereocenters. The predicted molar refractivity (Wildman–Crippen MR) is 98.6 cm³/mol. The van der Waals surface area contributed by atoms with E-state index in [0.717, 1.165) is 11.3 Å². The fourth-order valence-corrected chi connectivity index (χ4v) is 3.65. The van der Waals surface area contributed by atoms with Crippen LogP contribution in [0.4, 0.5) is 0 Å². The molecular formula is C20H25NO6. The molecule has 1 atom stereocenters. The van der Waals surface area contributed by atoms with Gasteiger partial charge in [-0.1, -0.05) is 0 Å². The third-order valence-electron chi connectivity index (χ3n) is 5.09. The van der Waals surface area contributed by atoms with Gasteiger partial charge in [0.1, 0.15) is 11.5 Å². The Kier molecular flexibility index (Phi) is 5.91. The van der Waals surface area contributed by atoms with Crippen LogP contribution in [0.15, 0.2) is 34.9 Å². The van der Waals surface area contributed by atoms with Crippen molar-refractivity contribution in [2.75, 3.05) is 34.4 Å². The number of benzene rings is 1. The lowest BCUT2D eigenvalue weighted by molar-refractivity contribution is -0.143. The first kappa shape index (κ1) is 19.1. The highest BCUT2D eigenvalue weighted by Crippen LogP contribution is 2.42. The number of nitrogens with zero attached hydrogens (tertiary/aromatic N) is 1. The molecule has 1 N–H and O–H groups in total. The topological polar surface area (TPSA) is 81.4 Å². The lowest BCUT2D eigenvalue weighted by atomic mass is 9.93. The van der Waals surface area contributed by atoms with Gasteiger partial charge in [-0.15, -0.1) is 0 Å². The van der Waals surface area contributed by atoms with Crippen LogP contribution in [0.2, 0.25) is 0 Å². The Balaban J connectivity index is 2.01. The van der Waals surface area contributed by atoms with Gasteiger partial charge in [0.2, 0.25) is 0 Å². The third kappa shape index (κ3) is 3.88. The second-order valence-electron chi connectivity index (χ2n) is 6.52. The molecule has 27 heavy (non-hydrogen) atoms. The molecule has 3 rings (SSSR count). The summed E-state index contributed by atoms with van der Waals surface area (Å²) < 4.78 is 22.2. The molecule has 7 nitrogen and oxygen atoms in total. The van der Waals surface area contributed by atoms with Crippen molar-refractivity contribution >= 4 is 5.97 Å². The van der Waals surface area contributed by atoms with E-state index < -0.39 is 5.97 Å². The number of aliphatic carboxylic acids is 1. The molecule has 1 aliphatic heterocycles. The van der Waals surface area contributed by atoms with Crippen molar-refractivity contribution in [1.82, 2.24) is 4.90 Å². The molecule has 0 spiro atoms. The highest BCUT2D eigenvalue weighted by atomic mass is 16.5. The van der Waals surface area contributed by atoms with Crippen LogP contribution in [0.25, 0.3) is 0 Å². The number of hydrogen-bond donors (Lipinski definition) is 1. The molecule has 2 heterocycles. The SMILES string of the molecule is COc1cc(OC)c(C(c2ccco2)N2CCC(C(=O)O)CC2)cc1OC. The third-order valence-corrected chi connectivity index (χ3v) is 5.09. The first-order valence-corrected chi connectivity index (χ1v) is 8.89. The van der Waals surface area contributed by atoms with E-state index in [2.05, 4.69) is 4.90 Å². The van der Waals surface area contributed by atoms with E-state index in [9.17, 15) is 9.90 Å². The Bertz CT molecular complexity index is 765. The molecule has 0 aliphatic carbocycles. The van der Waals surface area contributed by atoms with Gasteiger partial charge in [-0.05, 0) is 31.0 Å². The fourth-order valence-electron chi connectivity index (χ4n) is 3.65. The number of carbonyl (C=O) groups is 1. The molecule has 1 fully saturated rings. The largest absolute Gasteiger partial charge is 0.496 e. The van der Waals surface area contributed by atoms with Crippen molar-refractivity contribution in [2.45, 2.75) is 18.9 Å². The molecule has 0 saturated carbocycles. The Morgan fingerprint density at radius 3 is 2.26 bits per heavy atom. The summed E-state index contributed by atoms with van der Waals surface area (Å²) in [5.74, 6) is 1.59. The van der Waals surface area contributed by atoms with Gasteiger partial charge < -0.3 is 23.7 Å². The average molecular weight is 375 g/mol. The number of rotatable bonds is 7. The number of hydrogen-bond acceptors (Lipinski definition) is 6. The first-order valence-electron chi connectivity index (χ1n) is 8.89.